The van der Waals surface area contributed by atoms with Crippen molar-refractivity contribution in [2.24, 2.45) is 7.05 Å². The van der Waals surface area contributed by atoms with Gasteiger partial charge in [0.1, 0.15) is 17.3 Å². The average Bonchev–Trinajstić information content (AvgIpc) is 3.18. The summed E-state index contributed by atoms with van der Waals surface area (Å²) in [5.41, 5.74) is 2.67. The van der Waals surface area contributed by atoms with Crippen molar-refractivity contribution in [1.82, 2.24) is 19.7 Å². The Hall–Kier alpha value is -3.88. The Morgan fingerprint density at radius 3 is 2.47 bits per heavy atom. The second-order valence-corrected chi connectivity index (χ2v) is 7.56. The molecule has 1 N–H and O–H groups in total. The van der Waals surface area contributed by atoms with Crippen molar-refractivity contribution in [3.63, 3.8) is 0 Å². The lowest BCUT2D eigenvalue weighted by atomic mass is 9.98. The lowest BCUT2D eigenvalue weighted by Crippen LogP contribution is -2.36. The van der Waals surface area contributed by atoms with E-state index in [2.05, 4.69) is 15.4 Å². The Kier molecular flexibility index (Phi) is 5.81. The van der Waals surface area contributed by atoms with Crippen LogP contribution in [0, 0.1) is 11.6 Å². The summed E-state index contributed by atoms with van der Waals surface area (Å²) in [7, 11) is 1.68. The fourth-order valence-corrected chi connectivity index (χ4v) is 3.66. The fraction of sp³-hybridized carbons (Fsp3) is 0.217. The molecule has 0 saturated heterocycles. The SMILES string of the molecule is CC1=C(c2cc(C(=O)Nc3c(F)cccc3F)nn2C)CN(C(=O)c2ccncc2)CC1. The van der Waals surface area contributed by atoms with Crippen LogP contribution in [0.2, 0.25) is 0 Å². The van der Waals surface area contributed by atoms with E-state index < -0.39 is 23.2 Å². The summed E-state index contributed by atoms with van der Waals surface area (Å²) < 4.78 is 29.3. The molecule has 1 aliphatic rings. The van der Waals surface area contributed by atoms with Crippen LogP contribution in [0.1, 0.15) is 39.9 Å². The van der Waals surface area contributed by atoms with E-state index in [0.29, 0.717) is 30.8 Å². The van der Waals surface area contributed by atoms with E-state index >= 15 is 0 Å². The van der Waals surface area contributed by atoms with Gasteiger partial charge in [-0.15, -0.1) is 0 Å². The lowest BCUT2D eigenvalue weighted by Gasteiger charge is -2.30. The topological polar surface area (TPSA) is 80.1 Å². The van der Waals surface area contributed by atoms with Crippen LogP contribution in [0.4, 0.5) is 14.5 Å². The molecule has 0 spiro atoms. The predicted octanol–water partition coefficient (Wildman–Crippen LogP) is 3.67. The number of carbonyl (C=O) groups excluding carboxylic acids is 2. The highest BCUT2D eigenvalue weighted by Crippen LogP contribution is 2.28. The number of aryl methyl sites for hydroxylation is 1. The van der Waals surface area contributed by atoms with Crippen molar-refractivity contribution in [2.45, 2.75) is 13.3 Å². The number of pyridine rings is 1. The molecule has 0 radical (unpaired) electrons. The molecule has 3 heterocycles. The van der Waals surface area contributed by atoms with E-state index in [0.717, 1.165) is 23.3 Å². The van der Waals surface area contributed by atoms with E-state index in [4.69, 9.17) is 0 Å². The Bertz CT molecular complexity index is 1200. The maximum absolute atomic E-state index is 13.9. The van der Waals surface area contributed by atoms with Gasteiger partial charge in [-0.05, 0) is 49.2 Å². The molecular formula is C23H21F2N5O2. The third-order valence-corrected chi connectivity index (χ3v) is 5.46. The third kappa shape index (κ3) is 4.14. The number of rotatable bonds is 4. The molecule has 7 nitrogen and oxygen atoms in total. The molecule has 0 unspecified atom stereocenters. The Balaban J connectivity index is 1.57. The van der Waals surface area contributed by atoms with E-state index in [1.165, 1.54) is 10.7 Å². The van der Waals surface area contributed by atoms with Gasteiger partial charge in [-0.25, -0.2) is 8.78 Å². The van der Waals surface area contributed by atoms with Crippen LogP contribution in [-0.4, -0.2) is 44.6 Å². The number of anilines is 1. The zero-order valence-electron chi connectivity index (χ0n) is 17.6. The maximum atomic E-state index is 13.9. The van der Waals surface area contributed by atoms with E-state index in [9.17, 15) is 18.4 Å². The smallest absolute Gasteiger partial charge is 0.276 e. The summed E-state index contributed by atoms with van der Waals surface area (Å²) in [5, 5.41) is 6.46. The minimum atomic E-state index is -0.870. The quantitative estimate of drug-likeness (QED) is 0.676. The molecule has 164 valence electrons. The van der Waals surface area contributed by atoms with Crippen LogP contribution in [0.15, 0.2) is 54.4 Å². The number of carbonyl (C=O) groups is 2. The van der Waals surface area contributed by atoms with E-state index in [1.54, 1.807) is 42.5 Å². The number of hydrogen-bond acceptors (Lipinski definition) is 4. The van der Waals surface area contributed by atoms with Crippen LogP contribution in [-0.2, 0) is 7.05 Å². The van der Waals surface area contributed by atoms with Crippen LogP contribution < -0.4 is 5.32 Å². The third-order valence-electron chi connectivity index (χ3n) is 5.46. The molecule has 0 saturated carbocycles. The van der Waals surface area contributed by atoms with Gasteiger partial charge in [-0.1, -0.05) is 11.6 Å². The first-order chi connectivity index (χ1) is 15.3. The normalized spacial score (nSPS) is 13.9. The van der Waals surface area contributed by atoms with Crippen molar-refractivity contribution in [3.8, 4) is 0 Å². The monoisotopic (exact) mass is 437 g/mol. The molecule has 0 bridgehead atoms. The second-order valence-electron chi connectivity index (χ2n) is 7.56. The van der Waals surface area contributed by atoms with Gasteiger partial charge in [0.05, 0.1) is 5.69 Å². The largest absolute Gasteiger partial charge is 0.334 e. The van der Waals surface area contributed by atoms with Gasteiger partial charge in [0.25, 0.3) is 11.8 Å². The van der Waals surface area contributed by atoms with Gasteiger partial charge in [0.2, 0.25) is 0 Å². The van der Waals surface area contributed by atoms with Gasteiger partial charge < -0.3 is 10.2 Å². The maximum Gasteiger partial charge on any atom is 0.276 e. The fourth-order valence-electron chi connectivity index (χ4n) is 3.66. The van der Waals surface area contributed by atoms with Gasteiger partial charge in [0, 0.05) is 38.1 Å². The molecule has 1 aromatic carbocycles. The highest BCUT2D eigenvalue weighted by molar-refractivity contribution is 6.03. The van der Waals surface area contributed by atoms with Crippen molar-refractivity contribution in [2.75, 3.05) is 18.4 Å². The minimum Gasteiger partial charge on any atom is -0.334 e. The number of hydrogen-bond donors (Lipinski definition) is 1. The van der Waals surface area contributed by atoms with E-state index in [-0.39, 0.29) is 11.6 Å². The molecule has 0 fully saturated rings. The summed E-state index contributed by atoms with van der Waals surface area (Å²) in [5.74, 6) is -2.57. The molecule has 2 aromatic heterocycles. The number of nitrogens with zero attached hydrogens (tertiary/aromatic N) is 4. The highest BCUT2D eigenvalue weighted by atomic mass is 19.1. The van der Waals surface area contributed by atoms with Crippen LogP contribution in [0.25, 0.3) is 5.57 Å². The van der Waals surface area contributed by atoms with E-state index in [1.807, 2.05) is 6.92 Å². The van der Waals surface area contributed by atoms with Crippen LogP contribution in [0.3, 0.4) is 0 Å². The predicted molar refractivity (Wildman–Crippen MR) is 115 cm³/mol. The van der Waals surface area contributed by atoms with Gasteiger partial charge in [-0.3, -0.25) is 19.3 Å². The molecule has 9 heteroatoms. The number of benzene rings is 1. The molecule has 2 amide bonds. The number of halogens is 2. The zero-order valence-corrected chi connectivity index (χ0v) is 17.6. The molecule has 3 aromatic rings. The Labute approximate surface area is 183 Å². The van der Waals surface area contributed by atoms with Gasteiger partial charge in [0.15, 0.2) is 5.69 Å². The van der Waals surface area contributed by atoms with Crippen molar-refractivity contribution in [1.29, 1.82) is 0 Å². The van der Waals surface area contributed by atoms with Crippen molar-refractivity contribution < 1.29 is 18.4 Å². The molecular weight excluding hydrogens is 416 g/mol. The Morgan fingerprint density at radius 1 is 1.09 bits per heavy atom. The first kappa shape index (κ1) is 21.4. The average molecular weight is 437 g/mol. The standard InChI is InChI=1S/C23H21F2N5O2/c1-14-8-11-30(23(32)15-6-9-26-10-7-15)13-16(14)20-12-19(28-29(20)2)22(31)27-21-17(24)4-3-5-18(21)25/h3-7,9-10,12H,8,11,13H2,1-2H3,(H,27,31). The summed E-state index contributed by atoms with van der Waals surface area (Å²) in [6, 6.07) is 8.24. The number of nitrogens with one attached hydrogen (secondary N) is 1. The minimum absolute atomic E-state index is 0.0167. The van der Waals surface area contributed by atoms with Gasteiger partial charge >= 0.3 is 0 Å². The second kappa shape index (κ2) is 8.70. The molecule has 1 aliphatic heterocycles. The zero-order chi connectivity index (χ0) is 22.8. The highest BCUT2D eigenvalue weighted by Gasteiger charge is 2.26. The number of amides is 2. The first-order valence-corrected chi connectivity index (χ1v) is 10.0. The molecule has 0 aliphatic carbocycles. The Morgan fingerprint density at radius 2 is 1.78 bits per heavy atom. The molecule has 4 rings (SSSR count). The number of aromatic nitrogens is 3. The van der Waals surface area contributed by atoms with Crippen molar-refractivity contribution >= 4 is 23.1 Å². The summed E-state index contributed by atoms with van der Waals surface area (Å²) >= 11 is 0. The van der Waals surface area contributed by atoms with Crippen LogP contribution in [0.5, 0.6) is 0 Å². The lowest BCUT2D eigenvalue weighted by molar-refractivity contribution is 0.0772. The summed E-state index contributed by atoms with van der Waals surface area (Å²) in [4.78, 5) is 31.1. The number of para-hydroxylation sites is 1. The van der Waals surface area contributed by atoms with Crippen LogP contribution >= 0.6 is 0 Å². The summed E-state index contributed by atoms with van der Waals surface area (Å²) in [6.07, 6.45) is 3.83. The summed E-state index contributed by atoms with van der Waals surface area (Å²) in [6.45, 7) is 2.91. The van der Waals surface area contributed by atoms with Crippen molar-refractivity contribution in [3.05, 3.63) is 83.0 Å². The van der Waals surface area contributed by atoms with Gasteiger partial charge in [-0.2, -0.15) is 5.10 Å². The molecule has 32 heavy (non-hydrogen) atoms. The first-order valence-electron chi connectivity index (χ1n) is 10.0. The molecule has 0 atom stereocenters.